The second-order valence-corrected chi connectivity index (χ2v) is 7.08. The summed E-state index contributed by atoms with van der Waals surface area (Å²) < 4.78 is 12.0. The fourth-order valence-corrected chi connectivity index (χ4v) is 3.22. The van der Waals surface area contributed by atoms with E-state index in [2.05, 4.69) is 5.32 Å². The van der Waals surface area contributed by atoms with Crippen LogP contribution in [0, 0.1) is 5.92 Å². The molecule has 4 nitrogen and oxygen atoms in total. The minimum Gasteiger partial charge on any atom is -0.379 e. The first kappa shape index (κ1) is 14.3. The Hall–Kier alpha value is -0.620. The summed E-state index contributed by atoms with van der Waals surface area (Å²) >= 11 is 7.14. The van der Waals surface area contributed by atoms with E-state index in [-0.39, 0.29) is 18.1 Å². The van der Waals surface area contributed by atoms with Crippen LogP contribution in [0.4, 0.5) is 0 Å². The van der Waals surface area contributed by atoms with E-state index >= 15 is 0 Å². The summed E-state index contributed by atoms with van der Waals surface area (Å²) in [4.78, 5) is 12.8. The van der Waals surface area contributed by atoms with Gasteiger partial charge in [0, 0.05) is 13.2 Å². The standard InChI is InChI=1S/C14H18ClNO3S/c15-13-4-3-12(20-13)14(17)16-10-8-18-6-5-11(10)19-7-9-1-2-9/h3-4,9-11H,1-2,5-8H2,(H,16,17)/t10-,11+/m1/s1. The number of ether oxygens (including phenoxy) is 2. The Labute approximate surface area is 127 Å². The lowest BCUT2D eigenvalue weighted by Crippen LogP contribution is -2.50. The smallest absolute Gasteiger partial charge is 0.261 e. The molecule has 1 aliphatic heterocycles. The molecule has 1 aromatic heterocycles. The molecule has 2 aliphatic rings. The predicted octanol–water partition coefficient (Wildman–Crippen LogP) is 2.72. The van der Waals surface area contributed by atoms with Gasteiger partial charge < -0.3 is 14.8 Å². The number of halogens is 1. The van der Waals surface area contributed by atoms with Crippen molar-refractivity contribution in [3.63, 3.8) is 0 Å². The molecule has 2 fully saturated rings. The maximum Gasteiger partial charge on any atom is 0.261 e. The Morgan fingerprint density at radius 3 is 3.00 bits per heavy atom. The molecule has 2 atom stereocenters. The van der Waals surface area contributed by atoms with Gasteiger partial charge in [-0.1, -0.05) is 11.6 Å². The Balaban J connectivity index is 1.56. The quantitative estimate of drug-likeness (QED) is 0.909. The number of thiophene rings is 1. The van der Waals surface area contributed by atoms with E-state index in [9.17, 15) is 4.79 Å². The molecule has 2 heterocycles. The van der Waals surface area contributed by atoms with Crippen molar-refractivity contribution >= 4 is 28.8 Å². The van der Waals surface area contributed by atoms with Crippen molar-refractivity contribution in [1.29, 1.82) is 0 Å². The average Bonchev–Trinajstić information content (AvgIpc) is 3.18. The summed E-state index contributed by atoms with van der Waals surface area (Å²) in [6, 6.07) is 3.40. The fraction of sp³-hybridized carbons (Fsp3) is 0.643. The number of carbonyl (C=O) groups excluding carboxylic acids is 1. The summed E-state index contributed by atoms with van der Waals surface area (Å²) in [5.74, 6) is 0.628. The second kappa shape index (κ2) is 6.43. The van der Waals surface area contributed by atoms with E-state index in [0.29, 0.717) is 22.4 Å². The minimum atomic E-state index is -0.0996. The first-order valence-electron chi connectivity index (χ1n) is 6.98. The van der Waals surface area contributed by atoms with E-state index in [1.807, 2.05) is 0 Å². The Bertz CT molecular complexity index is 475. The van der Waals surface area contributed by atoms with Gasteiger partial charge >= 0.3 is 0 Å². The number of rotatable bonds is 5. The van der Waals surface area contributed by atoms with Crippen LogP contribution in [-0.4, -0.2) is 37.9 Å². The van der Waals surface area contributed by atoms with Gasteiger partial charge in [-0.3, -0.25) is 4.79 Å². The van der Waals surface area contributed by atoms with Crippen LogP contribution in [0.5, 0.6) is 0 Å². The summed E-state index contributed by atoms with van der Waals surface area (Å²) in [6.07, 6.45) is 3.44. The highest BCUT2D eigenvalue weighted by atomic mass is 35.5. The monoisotopic (exact) mass is 315 g/mol. The van der Waals surface area contributed by atoms with Gasteiger partial charge in [-0.25, -0.2) is 0 Å². The molecule has 1 aromatic rings. The van der Waals surface area contributed by atoms with Crippen molar-refractivity contribution in [1.82, 2.24) is 5.32 Å². The van der Waals surface area contributed by atoms with Crippen molar-refractivity contribution in [2.75, 3.05) is 19.8 Å². The van der Waals surface area contributed by atoms with Gasteiger partial charge in [-0.15, -0.1) is 11.3 Å². The van der Waals surface area contributed by atoms with E-state index < -0.39 is 0 Å². The van der Waals surface area contributed by atoms with Crippen LogP contribution in [-0.2, 0) is 9.47 Å². The molecule has 1 amide bonds. The molecule has 0 spiro atoms. The molecule has 0 aromatic carbocycles. The molecular weight excluding hydrogens is 298 g/mol. The van der Waals surface area contributed by atoms with Gasteiger partial charge in [0.25, 0.3) is 5.91 Å². The predicted molar refractivity (Wildman–Crippen MR) is 78.5 cm³/mol. The van der Waals surface area contributed by atoms with Crippen molar-refractivity contribution in [2.45, 2.75) is 31.4 Å². The lowest BCUT2D eigenvalue weighted by molar-refractivity contribution is -0.0567. The third kappa shape index (κ3) is 3.73. The molecule has 1 N–H and O–H groups in total. The van der Waals surface area contributed by atoms with Crippen LogP contribution in [0.15, 0.2) is 12.1 Å². The lowest BCUT2D eigenvalue weighted by Gasteiger charge is -2.32. The van der Waals surface area contributed by atoms with Gasteiger partial charge in [0.05, 0.1) is 28.0 Å². The first-order chi connectivity index (χ1) is 9.72. The average molecular weight is 316 g/mol. The van der Waals surface area contributed by atoms with Gasteiger partial charge in [0.15, 0.2) is 0 Å². The summed E-state index contributed by atoms with van der Waals surface area (Å²) in [5.41, 5.74) is 0. The van der Waals surface area contributed by atoms with Crippen LogP contribution in [0.2, 0.25) is 4.34 Å². The fourth-order valence-electron chi connectivity index (χ4n) is 2.27. The molecule has 3 rings (SSSR count). The minimum absolute atomic E-state index is 0.0590. The molecule has 1 aliphatic carbocycles. The van der Waals surface area contributed by atoms with Crippen molar-refractivity contribution in [3.8, 4) is 0 Å². The Morgan fingerprint density at radius 2 is 2.30 bits per heavy atom. The van der Waals surface area contributed by atoms with Crippen molar-refractivity contribution < 1.29 is 14.3 Å². The van der Waals surface area contributed by atoms with Gasteiger partial charge in [-0.05, 0) is 37.3 Å². The molecule has 6 heteroatoms. The molecule has 20 heavy (non-hydrogen) atoms. The van der Waals surface area contributed by atoms with E-state index in [4.69, 9.17) is 21.1 Å². The zero-order chi connectivity index (χ0) is 13.9. The van der Waals surface area contributed by atoms with Gasteiger partial charge in [0.2, 0.25) is 0 Å². The molecule has 1 saturated carbocycles. The van der Waals surface area contributed by atoms with E-state index in [1.54, 1.807) is 12.1 Å². The molecular formula is C14H18ClNO3S. The van der Waals surface area contributed by atoms with Crippen molar-refractivity contribution in [2.24, 2.45) is 5.92 Å². The van der Waals surface area contributed by atoms with Crippen LogP contribution in [0.25, 0.3) is 0 Å². The summed E-state index contributed by atoms with van der Waals surface area (Å²) in [6.45, 7) is 2.02. The summed E-state index contributed by atoms with van der Waals surface area (Å²) in [5, 5.41) is 3.01. The third-order valence-electron chi connectivity index (χ3n) is 3.65. The Kier molecular flexibility index (Phi) is 4.61. The molecule has 0 radical (unpaired) electrons. The van der Waals surface area contributed by atoms with Crippen LogP contribution in [0.1, 0.15) is 28.9 Å². The van der Waals surface area contributed by atoms with E-state index in [0.717, 1.165) is 18.9 Å². The molecule has 110 valence electrons. The van der Waals surface area contributed by atoms with Gasteiger partial charge in [0.1, 0.15) is 0 Å². The zero-order valence-electron chi connectivity index (χ0n) is 11.1. The van der Waals surface area contributed by atoms with Crippen LogP contribution < -0.4 is 5.32 Å². The number of carbonyl (C=O) groups is 1. The third-order valence-corrected chi connectivity index (χ3v) is 4.88. The number of nitrogens with one attached hydrogen (secondary N) is 1. The summed E-state index contributed by atoms with van der Waals surface area (Å²) in [7, 11) is 0. The highest BCUT2D eigenvalue weighted by Gasteiger charge is 2.31. The maximum absolute atomic E-state index is 12.2. The number of hydrogen-bond donors (Lipinski definition) is 1. The molecule has 0 unspecified atom stereocenters. The molecule has 1 saturated heterocycles. The van der Waals surface area contributed by atoms with E-state index in [1.165, 1.54) is 24.2 Å². The first-order valence-corrected chi connectivity index (χ1v) is 8.17. The van der Waals surface area contributed by atoms with Crippen LogP contribution in [0.3, 0.4) is 0 Å². The lowest BCUT2D eigenvalue weighted by atomic mass is 10.1. The topological polar surface area (TPSA) is 47.6 Å². The second-order valence-electron chi connectivity index (χ2n) is 5.36. The van der Waals surface area contributed by atoms with Gasteiger partial charge in [-0.2, -0.15) is 0 Å². The molecule has 0 bridgehead atoms. The normalized spacial score (nSPS) is 26.4. The SMILES string of the molecule is O=C(N[C@@H]1COCC[C@@H]1OCC1CC1)c1ccc(Cl)s1. The highest BCUT2D eigenvalue weighted by Crippen LogP contribution is 2.30. The highest BCUT2D eigenvalue weighted by molar-refractivity contribution is 7.17. The van der Waals surface area contributed by atoms with Crippen LogP contribution >= 0.6 is 22.9 Å². The maximum atomic E-state index is 12.2. The van der Waals surface area contributed by atoms with Crippen molar-refractivity contribution in [3.05, 3.63) is 21.3 Å². The largest absolute Gasteiger partial charge is 0.379 e. The number of hydrogen-bond acceptors (Lipinski definition) is 4. The Morgan fingerprint density at radius 1 is 1.45 bits per heavy atom. The number of amides is 1. The zero-order valence-corrected chi connectivity index (χ0v) is 12.7.